The summed E-state index contributed by atoms with van der Waals surface area (Å²) in [4.78, 5) is 18.2. The Balaban J connectivity index is 1.74. The summed E-state index contributed by atoms with van der Waals surface area (Å²) >= 11 is 1.63. The van der Waals surface area contributed by atoms with Crippen molar-refractivity contribution >= 4 is 22.4 Å². The van der Waals surface area contributed by atoms with Crippen LogP contribution in [0.4, 0.5) is 5.13 Å². The van der Waals surface area contributed by atoms with E-state index in [-0.39, 0.29) is 11.9 Å². The van der Waals surface area contributed by atoms with Gasteiger partial charge in [0.1, 0.15) is 0 Å². The van der Waals surface area contributed by atoms with Gasteiger partial charge >= 0.3 is 0 Å². The fourth-order valence-corrected chi connectivity index (χ4v) is 4.00. The van der Waals surface area contributed by atoms with Crippen molar-refractivity contribution in [3.63, 3.8) is 0 Å². The molecule has 1 amide bonds. The number of aryl methyl sites for hydroxylation is 2. The molecule has 1 saturated carbocycles. The molecule has 98 valence electrons. The molecule has 0 saturated heterocycles. The number of thiazole rings is 1. The Morgan fingerprint density at radius 3 is 3.00 bits per heavy atom. The average Bonchev–Trinajstić information content (AvgIpc) is 2.95. The first-order valence-electron chi connectivity index (χ1n) is 6.65. The van der Waals surface area contributed by atoms with Gasteiger partial charge in [0, 0.05) is 10.9 Å². The summed E-state index contributed by atoms with van der Waals surface area (Å²) in [5.74, 6) is 0.0416. The number of anilines is 1. The summed E-state index contributed by atoms with van der Waals surface area (Å²) in [7, 11) is 0. The van der Waals surface area contributed by atoms with Gasteiger partial charge in [-0.2, -0.15) is 0 Å². The minimum atomic E-state index is -0.421. The minimum absolute atomic E-state index is 0.0238. The van der Waals surface area contributed by atoms with Crippen LogP contribution in [0.3, 0.4) is 0 Å². The topological polar surface area (TPSA) is 68.0 Å². The average molecular weight is 265 g/mol. The number of hydrogen-bond donors (Lipinski definition) is 2. The first-order chi connectivity index (χ1) is 8.59. The molecular weight excluding hydrogens is 246 g/mol. The fourth-order valence-electron chi connectivity index (χ4n) is 2.96. The quantitative estimate of drug-likeness (QED) is 0.860. The Morgan fingerprint density at radius 1 is 1.50 bits per heavy atom. The molecule has 1 heterocycles. The van der Waals surface area contributed by atoms with Gasteiger partial charge in [-0.3, -0.25) is 4.79 Å². The smallest absolute Gasteiger partial charge is 0.233 e. The Hall–Kier alpha value is -0.940. The van der Waals surface area contributed by atoms with E-state index in [4.69, 9.17) is 5.73 Å². The van der Waals surface area contributed by atoms with Gasteiger partial charge in [0.25, 0.3) is 0 Å². The summed E-state index contributed by atoms with van der Waals surface area (Å²) in [6.07, 6.45) is 6.23. The van der Waals surface area contributed by atoms with Crippen LogP contribution in [-0.4, -0.2) is 16.9 Å². The summed E-state index contributed by atoms with van der Waals surface area (Å²) in [5, 5.41) is 3.73. The van der Waals surface area contributed by atoms with Crippen molar-refractivity contribution in [1.82, 2.24) is 4.98 Å². The van der Waals surface area contributed by atoms with Crippen LogP contribution in [0.1, 0.15) is 43.2 Å². The van der Waals surface area contributed by atoms with Crippen LogP contribution in [0.15, 0.2) is 0 Å². The zero-order chi connectivity index (χ0) is 12.8. The van der Waals surface area contributed by atoms with Crippen molar-refractivity contribution in [2.45, 2.75) is 51.5 Å². The lowest BCUT2D eigenvalue weighted by molar-refractivity contribution is -0.125. The molecule has 5 heteroatoms. The molecule has 1 fully saturated rings. The third-order valence-corrected chi connectivity index (χ3v) is 5.44. The zero-order valence-corrected chi connectivity index (χ0v) is 11.5. The number of nitrogens with two attached hydrogens (primary N) is 1. The van der Waals surface area contributed by atoms with Crippen LogP contribution in [0.5, 0.6) is 0 Å². The molecule has 0 spiro atoms. The van der Waals surface area contributed by atoms with Crippen LogP contribution >= 0.6 is 11.3 Å². The van der Waals surface area contributed by atoms with E-state index < -0.39 is 5.41 Å². The Kier molecular flexibility index (Phi) is 2.90. The first kappa shape index (κ1) is 12.1. The molecule has 0 aromatic carbocycles. The number of hydrogen-bond acceptors (Lipinski definition) is 4. The Bertz CT molecular complexity index is 463. The maximum atomic E-state index is 12.3. The first-order valence-corrected chi connectivity index (χ1v) is 7.47. The van der Waals surface area contributed by atoms with Crippen molar-refractivity contribution in [2.24, 2.45) is 11.1 Å². The van der Waals surface area contributed by atoms with Crippen molar-refractivity contribution in [1.29, 1.82) is 0 Å². The highest BCUT2D eigenvalue weighted by Gasteiger charge is 2.43. The van der Waals surface area contributed by atoms with E-state index in [0.717, 1.165) is 37.2 Å². The van der Waals surface area contributed by atoms with Gasteiger partial charge in [-0.1, -0.05) is 6.42 Å². The molecule has 18 heavy (non-hydrogen) atoms. The van der Waals surface area contributed by atoms with E-state index >= 15 is 0 Å². The second-order valence-electron chi connectivity index (χ2n) is 5.61. The normalized spacial score (nSPS) is 30.4. The molecular formula is C13H19N3OS. The maximum Gasteiger partial charge on any atom is 0.233 e. The highest BCUT2D eigenvalue weighted by Crippen LogP contribution is 2.38. The van der Waals surface area contributed by atoms with Crippen LogP contribution in [0.2, 0.25) is 0 Å². The Labute approximate surface area is 111 Å². The van der Waals surface area contributed by atoms with Crippen LogP contribution < -0.4 is 11.1 Å². The molecule has 0 aliphatic heterocycles. The van der Waals surface area contributed by atoms with Crippen molar-refractivity contribution in [3.8, 4) is 0 Å². The second-order valence-corrected chi connectivity index (χ2v) is 6.70. The summed E-state index contributed by atoms with van der Waals surface area (Å²) in [6.45, 7) is 1.97. The molecule has 0 bridgehead atoms. The lowest BCUT2D eigenvalue weighted by Gasteiger charge is -2.26. The van der Waals surface area contributed by atoms with Gasteiger partial charge in [0.05, 0.1) is 11.1 Å². The molecule has 1 aromatic rings. The maximum absolute atomic E-state index is 12.3. The van der Waals surface area contributed by atoms with Gasteiger partial charge in [0.2, 0.25) is 5.91 Å². The van der Waals surface area contributed by atoms with Gasteiger partial charge in [0.15, 0.2) is 5.13 Å². The van der Waals surface area contributed by atoms with Gasteiger partial charge in [-0.25, -0.2) is 4.98 Å². The molecule has 1 aromatic heterocycles. The van der Waals surface area contributed by atoms with Crippen LogP contribution in [-0.2, 0) is 17.6 Å². The molecule has 3 rings (SSSR count). The molecule has 0 radical (unpaired) electrons. The third-order valence-electron chi connectivity index (χ3n) is 4.36. The number of rotatable bonds is 2. The zero-order valence-electron chi connectivity index (χ0n) is 10.7. The highest BCUT2D eigenvalue weighted by atomic mass is 32.1. The lowest BCUT2D eigenvalue weighted by atomic mass is 9.84. The standard InChI is InChI=1S/C13H19N3OS/c1-13(7-3-6-10(13)14)11(17)16-12-15-8-4-2-5-9(8)18-12/h10H,2-7,14H2,1H3,(H,15,16,17). The Morgan fingerprint density at radius 2 is 2.33 bits per heavy atom. The van der Waals surface area contributed by atoms with E-state index in [1.54, 1.807) is 11.3 Å². The summed E-state index contributed by atoms with van der Waals surface area (Å²) < 4.78 is 0. The molecule has 2 unspecified atom stereocenters. The number of nitrogens with zero attached hydrogens (tertiary/aromatic N) is 1. The third kappa shape index (κ3) is 1.86. The lowest BCUT2D eigenvalue weighted by Crippen LogP contribution is -2.44. The van der Waals surface area contributed by atoms with E-state index in [1.807, 2.05) is 6.92 Å². The molecule has 3 N–H and O–H groups in total. The van der Waals surface area contributed by atoms with Crippen molar-refractivity contribution in [3.05, 3.63) is 10.6 Å². The SMILES string of the molecule is CC1(C(=O)Nc2nc3c(s2)CCC3)CCCC1N. The largest absolute Gasteiger partial charge is 0.327 e. The number of aromatic nitrogens is 1. The highest BCUT2D eigenvalue weighted by molar-refractivity contribution is 7.15. The van der Waals surface area contributed by atoms with E-state index in [9.17, 15) is 4.79 Å². The van der Waals surface area contributed by atoms with Gasteiger partial charge < -0.3 is 11.1 Å². The molecule has 2 atom stereocenters. The monoisotopic (exact) mass is 265 g/mol. The predicted molar refractivity (Wildman–Crippen MR) is 72.7 cm³/mol. The van der Waals surface area contributed by atoms with Crippen molar-refractivity contribution < 1.29 is 4.79 Å². The minimum Gasteiger partial charge on any atom is -0.327 e. The molecule has 4 nitrogen and oxygen atoms in total. The summed E-state index contributed by atoms with van der Waals surface area (Å²) in [6, 6.07) is -0.0238. The predicted octanol–water partition coefficient (Wildman–Crippen LogP) is 2.09. The molecule has 2 aliphatic carbocycles. The van der Waals surface area contributed by atoms with E-state index in [1.165, 1.54) is 17.0 Å². The fraction of sp³-hybridized carbons (Fsp3) is 0.692. The number of carbonyl (C=O) groups is 1. The second kappa shape index (κ2) is 4.31. The number of carbonyl (C=O) groups excluding carboxylic acids is 1. The van der Waals surface area contributed by atoms with Gasteiger partial charge in [-0.15, -0.1) is 11.3 Å². The van der Waals surface area contributed by atoms with Gasteiger partial charge in [-0.05, 0) is 39.0 Å². The molecule has 2 aliphatic rings. The summed E-state index contributed by atoms with van der Waals surface area (Å²) in [5.41, 5.74) is 6.82. The number of nitrogens with one attached hydrogen (secondary N) is 1. The van der Waals surface area contributed by atoms with E-state index in [2.05, 4.69) is 10.3 Å². The van der Waals surface area contributed by atoms with E-state index in [0.29, 0.717) is 0 Å². The number of amides is 1. The van der Waals surface area contributed by atoms with Crippen molar-refractivity contribution in [2.75, 3.05) is 5.32 Å². The number of fused-ring (bicyclic) bond motifs is 1. The van der Waals surface area contributed by atoms with Crippen LogP contribution in [0, 0.1) is 5.41 Å². The van der Waals surface area contributed by atoms with Crippen LogP contribution in [0.25, 0.3) is 0 Å².